The van der Waals surface area contributed by atoms with Crippen LogP contribution in [-0.4, -0.2) is 64.3 Å². The Labute approximate surface area is 289 Å². The number of phenolic OH excluding ortho intramolecular Hbond substituents is 1. The van der Waals surface area contributed by atoms with Crippen LogP contribution in [0.1, 0.15) is 33.7 Å². The van der Waals surface area contributed by atoms with Gasteiger partial charge in [-0.25, -0.2) is 4.79 Å². The van der Waals surface area contributed by atoms with Crippen molar-refractivity contribution in [1.82, 2.24) is 15.2 Å². The van der Waals surface area contributed by atoms with E-state index in [1.807, 2.05) is 60.3 Å². The molecule has 3 heterocycles. The first-order valence-electron chi connectivity index (χ1n) is 15.9. The van der Waals surface area contributed by atoms with Gasteiger partial charge in [0, 0.05) is 30.1 Å². The zero-order chi connectivity index (χ0) is 33.4. The molecule has 2 bridgehead atoms. The van der Waals surface area contributed by atoms with Gasteiger partial charge in [-0.05, 0) is 85.1 Å². The number of fused-ring (bicyclic) bond motifs is 2. The largest absolute Gasteiger partial charge is 0.506 e. The van der Waals surface area contributed by atoms with Gasteiger partial charge in [-0.1, -0.05) is 41.7 Å². The highest BCUT2D eigenvalue weighted by Crippen LogP contribution is 2.53. The fraction of sp³-hybridized carbons (Fsp3) is 0.343. The number of aliphatic hydroxyl groups is 1. The minimum atomic E-state index is -1.82. The number of aromatic amines is 1. The third-order valence-corrected chi connectivity index (χ3v) is 12.4. The molecule has 10 nitrogen and oxygen atoms in total. The quantitative estimate of drug-likeness (QED) is 0.0863. The van der Waals surface area contributed by atoms with Crippen LogP contribution in [0.5, 0.6) is 5.75 Å². The number of hydrogen-bond acceptors (Lipinski definition) is 11. The first-order valence-corrected chi connectivity index (χ1v) is 18.4. The average Bonchev–Trinajstić information content (AvgIpc) is 3.91. The van der Waals surface area contributed by atoms with Crippen LogP contribution in [0.3, 0.4) is 0 Å². The van der Waals surface area contributed by atoms with Crippen molar-refractivity contribution in [3.8, 4) is 5.75 Å². The number of aromatic hydroxyl groups is 1. The summed E-state index contributed by atoms with van der Waals surface area (Å²) in [5.41, 5.74) is 1.46. The van der Waals surface area contributed by atoms with Crippen molar-refractivity contribution >= 4 is 61.8 Å². The number of ether oxygens (including phenoxy) is 1. The zero-order valence-electron chi connectivity index (χ0n) is 26.2. The number of rotatable bonds is 13. The van der Waals surface area contributed by atoms with Crippen LogP contribution >= 0.6 is 34.0 Å². The summed E-state index contributed by atoms with van der Waals surface area (Å²) >= 11 is 3.77. The predicted molar refractivity (Wildman–Crippen MR) is 189 cm³/mol. The van der Waals surface area contributed by atoms with Crippen LogP contribution in [0.2, 0.25) is 0 Å². The molecule has 3 aliphatic carbocycles. The van der Waals surface area contributed by atoms with Crippen LogP contribution in [0, 0.1) is 11.8 Å². The highest BCUT2D eigenvalue weighted by atomic mass is 32.1. The van der Waals surface area contributed by atoms with Crippen molar-refractivity contribution < 1.29 is 24.5 Å². The minimum Gasteiger partial charge on any atom is -0.506 e. The number of hydrogen-bond donors (Lipinski definition) is 5. The number of aromatic nitrogens is 1. The molecule has 3 fully saturated rings. The number of carbonyl (C=O) groups excluding carboxylic acids is 2. The van der Waals surface area contributed by atoms with Crippen LogP contribution in [0.4, 0.5) is 5.69 Å². The summed E-state index contributed by atoms with van der Waals surface area (Å²) in [6.45, 7) is 1.57. The molecule has 0 saturated heterocycles. The third-order valence-electron chi connectivity index (χ3n) is 9.53. The molecular formula is C35H36N4O6S3. The van der Waals surface area contributed by atoms with Gasteiger partial charge in [-0.2, -0.15) is 0 Å². The molecule has 0 aliphatic heterocycles. The molecule has 2 atom stereocenters. The predicted octanol–water partition coefficient (Wildman–Crippen LogP) is 4.88. The summed E-state index contributed by atoms with van der Waals surface area (Å²) in [6.07, 6.45) is 2.27. The Morgan fingerprint density at radius 1 is 1.02 bits per heavy atom. The van der Waals surface area contributed by atoms with E-state index < -0.39 is 11.6 Å². The maximum absolute atomic E-state index is 13.5. The van der Waals surface area contributed by atoms with Crippen molar-refractivity contribution in [3.63, 3.8) is 0 Å². The molecule has 3 aromatic heterocycles. The number of nitrogens with one attached hydrogen (secondary N) is 3. The van der Waals surface area contributed by atoms with Gasteiger partial charge in [0.25, 0.3) is 0 Å². The van der Waals surface area contributed by atoms with E-state index in [-0.39, 0.29) is 47.1 Å². The second kappa shape index (κ2) is 13.6. The highest BCUT2D eigenvalue weighted by Gasteiger charge is 2.60. The number of amides is 1. The standard InChI is InChI=1S/C35H36N4O6S3/c1-39(30-23-11-12-24(30)31(23)45-33(42)35(44,26-4-2-16-46-26)27-5-3-17-47-27)19-28(41)37-22-9-6-20(7-10-22)18-36-15-14-21-8-13-25(40)29-32(21)48-34(43)38-29/h2-10,13,16-17,23-24,30-31,36,40,44H,11-12,14-15,18-19H2,1H3,(H,37,41)(H,38,43). The Bertz CT molecular complexity index is 1910. The van der Waals surface area contributed by atoms with Gasteiger partial charge >= 0.3 is 10.8 Å². The molecule has 0 spiro atoms. The Hall–Kier alpha value is -3.85. The van der Waals surface area contributed by atoms with E-state index in [1.54, 1.807) is 18.2 Å². The molecule has 2 aromatic carbocycles. The molecule has 5 aromatic rings. The van der Waals surface area contributed by atoms with E-state index >= 15 is 0 Å². The van der Waals surface area contributed by atoms with E-state index in [1.165, 1.54) is 22.7 Å². The monoisotopic (exact) mass is 704 g/mol. The molecule has 5 N–H and O–H groups in total. The maximum Gasteiger partial charge on any atom is 0.349 e. The maximum atomic E-state index is 13.5. The number of likely N-dealkylation sites (N-methyl/N-ethyl adjacent to an activating group) is 1. The highest BCUT2D eigenvalue weighted by molar-refractivity contribution is 7.16. The van der Waals surface area contributed by atoms with Gasteiger partial charge in [-0.3, -0.25) is 14.5 Å². The Morgan fingerprint density at radius 3 is 2.35 bits per heavy atom. The molecule has 3 aliphatic rings. The summed E-state index contributed by atoms with van der Waals surface area (Å²) < 4.78 is 6.81. The van der Waals surface area contributed by atoms with Crippen molar-refractivity contribution in [2.45, 2.75) is 43.6 Å². The average molecular weight is 705 g/mol. The van der Waals surface area contributed by atoms with Gasteiger partial charge in [-0.15, -0.1) is 22.7 Å². The van der Waals surface area contributed by atoms with Crippen LogP contribution in [-0.2, 0) is 32.9 Å². The molecule has 0 radical (unpaired) electrons. The summed E-state index contributed by atoms with van der Waals surface area (Å²) in [7, 11) is 1.94. The Balaban J connectivity index is 0.875. The van der Waals surface area contributed by atoms with Crippen LogP contribution in [0.25, 0.3) is 10.2 Å². The minimum absolute atomic E-state index is 0.0792. The summed E-state index contributed by atoms with van der Waals surface area (Å²) in [5.74, 6) is -0.433. The van der Waals surface area contributed by atoms with E-state index in [0.29, 0.717) is 34.8 Å². The third kappa shape index (κ3) is 6.22. The van der Waals surface area contributed by atoms with E-state index in [9.17, 15) is 24.6 Å². The normalized spacial score (nSPS) is 20.2. The lowest BCUT2D eigenvalue weighted by molar-refractivity contribution is -0.185. The number of thiazole rings is 1. The SMILES string of the molecule is CN(CC(=O)Nc1ccc(CNCCc2ccc(O)c3[nH]c(=O)sc23)cc1)C1C2CCC1C2OC(=O)C(O)(c1cccs1)c1cccs1. The Morgan fingerprint density at radius 2 is 1.71 bits per heavy atom. The van der Waals surface area contributed by atoms with Crippen molar-refractivity contribution in [2.24, 2.45) is 11.8 Å². The summed E-state index contributed by atoms with van der Waals surface area (Å²) in [5, 5.41) is 31.7. The lowest BCUT2D eigenvalue weighted by Crippen LogP contribution is -2.60. The summed E-state index contributed by atoms with van der Waals surface area (Å²) in [4.78, 5) is 43.9. The van der Waals surface area contributed by atoms with E-state index in [4.69, 9.17) is 4.74 Å². The number of thiophene rings is 2. The second-order valence-corrected chi connectivity index (χ2v) is 15.4. The van der Waals surface area contributed by atoms with Crippen molar-refractivity contribution in [1.29, 1.82) is 0 Å². The molecular weight excluding hydrogens is 669 g/mol. The Kier molecular flexibility index (Phi) is 9.24. The molecule has 2 unspecified atom stereocenters. The van der Waals surface area contributed by atoms with Gasteiger partial charge in [0.15, 0.2) is 0 Å². The van der Waals surface area contributed by atoms with Gasteiger partial charge < -0.3 is 30.6 Å². The molecule has 8 rings (SSSR count). The number of carbonyl (C=O) groups is 2. The number of anilines is 1. The van der Waals surface area contributed by atoms with Crippen LogP contribution < -0.4 is 15.5 Å². The van der Waals surface area contributed by atoms with E-state index in [0.717, 1.165) is 45.7 Å². The number of nitrogens with zero attached hydrogens (tertiary/aromatic N) is 1. The van der Waals surface area contributed by atoms with Crippen molar-refractivity contribution in [2.75, 3.05) is 25.5 Å². The molecule has 3 saturated carbocycles. The lowest BCUT2D eigenvalue weighted by Gasteiger charge is -2.48. The fourth-order valence-electron chi connectivity index (χ4n) is 7.23. The van der Waals surface area contributed by atoms with E-state index in [2.05, 4.69) is 20.5 Å². The molecule has 13 heteroatoms. The van der Waals surface area contributed by atoms with Gasteiger partial charge in [0.05, 0.1) is 21.0 Å². The molecule has 1 amide bonds. The van der Waals surface area contributed by atoms with Gasteiger partial charge in [0.2, 0.25) is 11.5 Å². The summed E-state index contributed by atoms with van der Waals surface area (Å²) in [6, 6.07) is 18.5. The number of phenols is 1. The topological polar surface area (TPSA) is 144 Å². The number of benzene rings is 2. The van der Waals surface area contributed by atoms with Crippen molar-refractivity contribution in [3.05, 3.63) is 102 Å². The smallest absolute Gasteiger partial charge is 0.349 e. The molecule has 250 valence electrons. The first kappa shape index (κ1) is 32.7. The lowest BCUT2D eigenvalue weighted by atomic mass is 9.74. The number of H-pyrrole nitrogens is 1. The number of esters is 1. The second-order valence-electron chi connectivity index (χ2n) is 12.5. The van der Waals surface area contributed by atoms with Crippen LogP contribution in [0.15, 0.2) is 76.2 Å². The first-order chi connectivity index (χ1) is 23.2. The zero-order valence-corrected chi connectivity index (χ0v) is 28.6. The molecule has 48 heavy (non-hydrogen) atoms. The van der Waals surface area contributed by atoms with Gasteiger partial charge in [0.1, 0.15) is 17.4 Å². The fourth-order valence-corrected chi connectivity index (χ4v) is 9.84.